The second kappa shape index (κ2) is 8.81. The van der Waals surface area contributed by atoms with Crippen molar-refractivity contribution in [1.29, 1.82) is 0 Å². The van der Waals surface area contributed by atoms with Gasteiger partial charge in [-0.05, 0) is 49.0 Å². The SMILES string of the molecule is COc1ccc(C(=O)NNC(=O)Cn2c(-c3ccc(C)cc3)csc2=S)cc1. The molecule has 2 amide bonds. The maximum Gasteiger partial charge on any atom is 0.269 e. The van der Waals surface area contributed by atoms with E-state index in [0.29, 0.717) is 15.3 Å². The monoisotopic (exact) mass is 413 g/mol. The van der Waals surface area contributed by atoms with E-state index in [9.17, 15) is 9.59 Å². The molecule has 0 bridgehead atoms. The van der Waals surface area contributed by atoms with Gasteiger partial charge in [-0.3, -0.25) is 20.4 Å². The first-order valence-electron chi connectivity index (χ1n) is 8.46. The minimum absolute atomic E-state index is 0.00837. The summed E-state index contributed by atoms with van der Waals surface area (Å²) in [4.78, 5) is 24.5. The molecule has 0 fully saturated rings. The summed E-state index contributed by atoms with van der Waals surface area (Å²) in [5, 5.41) is 1.93. The first kappa shape index (κ1) is 19.8. The molecule has 0 spiro atoms. The van der Waals surface area contributed by atoms with Crippen molar-refractivity contribution in [1.82, 2.24) is 15.4 Å². The van der Waals surface area contributed by atoms with Crippen LogP contribution in [0, 0.1) is 10.9 Å². The lowest BCUT2D eigenvalue weighted by Gasteiger charge is -2.11. The molecule has 3 aromatic rings. The number of nitrogens with one attached hydrogen (secondary N) is 2. The topological polar surface area (TPSA) is 72.4 Å². The molecule has 1 heterocycles. The number of nitrogens with zero attached hydrogens (tertiary/aromatic N) is 1. The predicted molar refractivity (Wildman–Crippen MR) is 112 cm³/mol. The highest BCUT2D eigenvalue weighted by molar-refractivity contribution is 7.73. The molecule has 0 aliphatic heterocycles. The van der Waals surface area contributed by atoms with E-state index in [2.05, 4.69) is 10.9 Å². The number of thiazole rings is 1. The van der Waals surface area contributed by atoms with Crippen LogP contribution in [-0.2, 0) is 11.3 Å². The molecule has 0 aliphatic rings. The van der Waals surface area contributed by atoms with Crippen molar-refractivity contribution >= 4 is 35.4 Å². The first-order valence-corrected chi connectivity index (χ1v) is 9.75. The maximum absolute atomic E-state index is 12.3. The van der Waals surface area contributed by atoms with Crippen LogP contribution in [0.5, 0.6) is 5.75 Å². The average molecular weight is 414 g/mol. The molecule has 0 aliphatic carbocycles. The van der Waals surface area contributed by atoms with Crippen LogP contribution >= 0.6 is 23.6 Å². The van der Waals surface area contributed by atoms with Crippen LogP contribution in [0.4, 0.5) is 0 Å². The Hall–Kier alpha value is -2.97. The normalized spacial score (nSPS) is 10.4. The molecular formula is C20H19N3O3S2. The van der Waals surface area contributed by atoms with Crippen LogP contribution < -0.4 is 15.6 Å². The van der Waals surface area contributed by atoms with Gasteiger partial charge in [0.2, 0.25) is 0 Å². The van der Waals surface area contributed by atoms with Gasteiger partial charge in [-0.25, -0.2) is 0 Å². The lowest BCUT2D eigenvalue weighted by atomic mass is 10.1. The molecule has 0 radical (unpaired) electrons. The molecule has 0 saturated carbocycles. The molecule has 1 aromatic heterocycles. The van der Waals surface area contributed by atoms with Crippen LogP contribution in [0.2, 0.25) is 0 Å². The van der Waals surface area contributed by atoms with Gasteiger partial charge >= 0.3 is 0 Å². The zero-order chi connectivity index (χ0) is 20.1. The molecule has 3 rings (SSSR count). The van der Waals surface area contributed by atoms with E-state index in [1.807, 2.05) is 36.6 Å². The lowest BCUT2D eigenvalue weighted by molar-refractivity contribution is -0.122. The Kier molecular flexibility index (Phi) is 6.23. The number of benzene rings is 2. The lowest BCUT2D eigenvalue weighted by Crippen LogP contribution is -2.43. The number of methoxy groups -OCH3 is 1. The van der Waals surface area contributed by atoms with Crippen molar-refractivity contribution in [3.8, 4) is 17.0 Å². The third-order valence-electron chi connectivity index (χ3n) is 4.10. The van der Waals surface area contributed by atoms with Crippen molar-refractivity contribution in [2.45, 2.75) is 13.5 Å². The van der Waals surface area contributed by atoms with Crippen molar-refractivity contribution in [2.75, 3.05) is 7.11 Å². The third-order valence-corrected chi connectivity index (χ3v) is 5.37. The molecule has 28 heavy (non-hydrogen) atoms. The summed E-state index contributed by atoms with van der Waals surface area (Å²) in [6.45, 7) is 2.03. The van der Waals surface area contributed by atoms with Crippen molar-refractivity contribution in [2.24, 2.45) is 0 Å². The quantitative estimate of drug-likeness (QED) is 0.494. The van der Waals surface area contributed by atoms with Gasteiger partial charge in [0.05, 0.1) is 12.8 Å². The van der Waals surface area contributed by atoms with Crippen LogP contribution in [0.15, 0.2) is 53.9 Å². The van der Waals surface area contributed by atoms with E-state index >= 15 is 0 Å². The number of ether oxygens (including phenoxy) is 1. The largest absolute Gasteiger partial charge is 0.497 e. The summed E-state index contributed by atoms with van der Waals surface area (Å²) >= 11 is 6.75. The van der Waals surface area contributed by atoms with Gasteiger partial charge in [-0.15, -0.1) is 11.3 Å². The molecule has 8 heteroatoms. The van der Waals surface area contributed by atoms with Crippen LogP contribution in [0.3, 0.4) is 0 Å². The number of rotatable bonds is 5. The van der Waals surface area contributed by atoms with Crippen LogP contribution in [0.25, 0.3) is 11.3 Å². The fourth-order valence-corrected chi connectivity index (χ4v) is 3.63. The van der Waals surface area contributed by atoms with Gasteiger partial charge in [0.1, 0.15) is 12.3 Å². The van der Waals surface area contributed by atoms with Gasteiger partial charge < -0.3 is 9.30 Å². The second-order valence-electron chi connectivity index (χ2n) is 6.07. The molecule has 6 nitrogen and oxygen atoms in total. The van der Waals surface area contributed by atoms with Crippen molar-refractivity contribution < 1.29 is 14.3 Å². The highest BCUT2D eigenvalue weighted by Crippen LogP contribution is 2.24. The van der Waals surface area contributed by atoms with Gasteiger partial charge in [0.25, 0.3) is 11.8 Å². The number of aromatic nitrogens is 1. The number of aryl methyl sites for hydroxylation is 1. The number of carbonyl (C=O) groups excluding carboxylic acids is 2. The molecular weight excluding hydrogens is 394 g/mol. The zero-order valence-corrected chi connectivity index (χ0v) is 17.0. The number of carbonyl (C=O) groups is 2. The zero-order valence-electron chi connectivity index (χ0n) is 15.4. The number of amides is 2. The molecule has 0 saturated heterocycles. The fraction of sp³-hybridized carbons (Fsp3) is 0.150. The number of hydrogen-bond donors (Lipinski definition) is 2. The van der Waals surface area contributed by atoms with Crippen LogP contribution in [-0.4, -0.2) is 23.5 Å². The van der Waals surface area contributed by atoms with Crippen molar-refractivity contribution in [3.05, 3.63) is 69.0 Å². The van der Waals surface area contributed by atoms with E-state index in [-0.39, 0.29) is 12.5 Å². The standard InChI is InChI=1S/C20H19N3O3S2/c1-13-3-5-14(6-4-13)17-12-28-20(27)23(17)11-18(24)21-22-19(25)15-7-9-16(26-2)10-8-15/h3-10,12H,11H2,1-2H3,(H,21,24)(H,22,25). The highest BCUT2D eigenvalue weighted by atomic mass is 32.1. The maximum atomic E-state index is 12.3. The summed E-state index contributed by atoms with van der Waals surface area (Å²) in [7, 11) is 1.55. The Morgan fingerprint density at radius 3 is 2.39 bits per heavy atom. The Bertz CT molecular complexity index is 1040. The molecule has 2 N–H and O–H groups in total. The smallest absolute Gasteiger partial charge is 0.269 e. The minimum Gasteiger partial charge on any atom is -0.497 e. The van der Waals surface area contributed by atoms with Gasteiger partial charge in [-0.2, -0.15) is 0 Å². The summed E-state index contributed by atoms with van der Waals surface area (Å²) in [5.41, 5.74) is 8.26. The Balaban J connectivity index is 1.65. The van der Waals surface area contributed by atoms with Crippen molar-refractivity contribution in [3.63, 3.8) is 0 Å². The molecule has 144 valence electrons. The highest BCUT2D eigenvalue weighted by Gasteiger charge is 2.12. The van der Waals surface area contributed by atoms with Gasteiger partial charge in [-0.1, -0.05) is 29.8 Å². The second-order valence-corrected chi connectivity index (χ2v) is 7.57. The molecule has 0 atom stereocenters. The van der Waals surface area contributed by atoms with E-state index in [4.69, 9.17) is 17.0 Å². The summed E-state index contributed by atoms with van der Waals surface area (Å²) < 4.78 is 7.40. The average Bonchev–Trinajstić information content (AvgIpc) is 3.07. The van der Waals surface area contributed by atoms with Gasteiger partial charge in [0.15, 0.2) is 3.95 Å². The first-order chi connectivity index (χ1) is 13.5. The molecule has 2 aromatic carbocycles. The van der Waals surface area contributed by atoms with E-state index < -0.39 is 5.91 Å². The molecule has 0 unspecified atom stereocenters. The van der Waals surface area contributed by atoms with Crippen LogP contribution in [0.1, 0.15) is 15.9 Å². The predicted octanol–water partition coefficient (Wildman–Crippen LogP) is 3.72. The summed E-state index contributed by atoms with van der Waals surface area (Å²) in [6.07, 6.45) is 0. The Morgan fingerprint density at radius 1 is 1.07 bits per heavy atom. The minimum atomic E-state index is -0.413. The Morgan fingerprint density at radius 2 is 1.75 bits per heavy atom. The fourth-order valence-electron chi connectivity index (χ4n) is 2.55. The number of hydrazine groups is 1. The summed E-state index contributed by atoms with van der Waals surface area (Å²) in [5.74, 6) is -0.135. The number of hydrogen-bond acceptors (Lipinski definition) is 5. The van der Waals surface area contributed by atoms with E-state index in [1.54, 1.807) is 35.9 Å². The summed E-state index contributed by atoms with van der Waals surface area (Å²) in [6, 6.07) is 14.6. The third kappa shape index (κ3) is 4.65. The Labute approximate surface area is 171 Å². The van der Waals surface area contributed by atoms with Gasteiger partial charge in [0, 0.05) is 10.9 Å². The van der Waals surface area contributed by atoms with E-state index in [0.717, 1.165) is 16.8 Å². The van der Waals surface area contributed by atoms with E-state index in [1.165, 1.54) is 11.3 Å².